The molecule has 2 atom stereocenters. The minimum Gasteiger partial charge on any atom is -0.481 e. The molecule has 0 aromatic carbocycles. The molecular weight excluding hydrogens is 270 g/mol. The number of hydrogen-bond donors (Lipinski definition) is 1. The highest BCUT2D eigenvalue weighted by molar-refractivity contribution is 5.76. The van der Waals surface area contributed by atoms with E-state index in [0.717, 1.165) is 18.9 Å². The fourth-order valence-electron chi connectivity index (χ4n) is 3.88. The van der Waals surface area contributed by atoms with Gasteiger partial charge in [0.1, 0.15) is 5.82 Å². The summed E-state index contributed by atoms with van der Waals surface area (Å²) in [5, 5.41) is 9.69. The molecule has 114 valence electrons. The van der Waals surface area contributed by atoms with Crippen molar-refractivity contribution < 1.29 is 14.6 Å². The summed E-state index contributed by atoms with van der Waals surface area (Å²) in [6.45, 7) is 3.29. The highest BCUT2D eigenvalue weighted by Gasteiger charge is 2.53. The molecule has 1 aromatic heterocycles. The molecule has 6 nitrogen and oxygen atoms in total. The van der Waals surface area contributed by atoms with Gasteiger partial charge in [-0.15, -0.1) is 0 Å². The first kappa shape index (κ1) is 13.3. The van der Waals surface area contributed by atoms with Crippen molar-refractivity contribution in [1.82, 2.24) is 14.5 Å². The smallest absolute Gasteiger partial charge is 0.311 e. The number of carbonyl (C=O) groups is 1. The third-order valence-electron chi connectivity index (χ3n) is 5.26. The van der Waals surface area contributed by atoms with Gasteiger partial charge in [-0.05, 0) is 19.3 Å². The summed E-state index contributed by atoms with van der Waals surface area (Å²) in [5.74, 6) is 0.509. The number of likely N-dealkylation sites (tertiary alicyclic amines) is 1. The first-order valence-electron chi connectivity index (χ1n) is 7.74. The Morgan fingerprint density at radius 2 is 2.38 bits per heavy atom. The van der Waals surface area contributed by atoms with E-state index in [0.29, 0.717) is 32.2 Å². The van der Waals surface area contributed by atoms with Gasteiger partial charge in [0.05, 0.1) is 18.6 Å². The number of nitrogens with zero attached hydrogens (tertiary/aromatic N) is 3. The van der Waals surface area contributed by atoms with E-state index in [1.807, 2.05) is 12.4 Å². The zero-order valence-corrected chi connectivity index (χ0v) is 12.1. The van der Waals surface area contributed by atoms with Gasteiger partial charge < -0.3 is 14.4 Å². The molecule has 21 heavy (non-hydrogen) atoms. The molecule has 0 unspecified atom stereocenters. The van der Waals surface area contributed by atoms with Crippen molar-refractivity contribution in [3.8, 4) is 0 Å². The number of aliphatic carboxylic acids is 1. The van der Waals surface area contributed by atoms with Crippen molar-refractivity contribution >= 4 is 5.97 Å². The first-order valence-corrected chi connectivity index (χ1v) is 7.74. The van der Waals surface area contributed by atoms with Crippen molar-refractivity contribution in [2.24, 2.45) is 11.3 Å². The molecule has 2 aliphatic heterocycles. The standard InChI is InChI=1S/C15H21N3O3/c19-14(20)15-3-6-21-9-11(15)7-17(10-15)8-13-16-4-5-18(13)12-1-2-12/h4-5,11-12H,1-3,6-10H2,(H,19,20)/t11-,15+/m1/s1. The van der Waals surface area contributed by atoms with Crippen LogP contribution in [-0.2, 0) is 16.1 Å². The van der Waals surface area contributed by atoms with Crippen LogP contribution < -0.4 is 0 Å². The predicted molar refractivity (Wildman–Crippen MR) is 74.8 cm³/mol. The van der Waals surface area contributed by atoms with E-state index >= 15 is 0 Å². The second-order valence-electron chi connectivity index (χ2n) is 6.63. The third-order valence-corrected chi connectivity index (χ3v) is 5.26. The lowest BCUT2D eigenvalue weighted by Gasteiger charge is -2.34. The van der Waals surface area contributed by atoms with Gasteiger partial charge in [0.15, 0.2) is 0 Å². The number of rotatable bonds is 4. The Labute approximate surface area is 123 Å². The minimum atomic E-state index is -0.663. The van der Waals surface area contributed by atoms with E-state index < -0.39 is 11.4 Å². The van der Waals surface area contributed by atoms with Gasteiger partial charge in [0.25, 0.3) is 0 Å². The molecule has 6 heteroatoms. The van der Waals surface area contributed by atoms with Crippen molar-refractivity contribution in [3.05, 3.63) is 18.2 Å². The highest BCUT2D eigenvalue weighted by atomic mass is 16.5. The van der Waals surface area contributed by atoms with Gasteiger partial charge in [-0.3, -0.25) is 9.69 Å². The third kappa shape index (κ3) is 2.17. The molecule has 2 saturated heterocycles. The Kier molecular flexibility index (Phi) is 3.04. The van der Waals surface area contributed by atoms with Crippen LogP contribution in [0.25, 0.3) is 0 Å². The summed E-state index contributed by atoms with van der Waals surface area (Å²) >= 11 is 0. The molecule has 1 aromatic rings. The Hall–Kier alpha value is -1.40. The van der Waals surface area contributed by atoms with E-state index in [1.54, 1.807) is 0 Å². The lowest BCUT2D eigenvalue weighted by Crippen LogP contribution is -2.44. The van der Waals surface area contributed by atoms with Gasteiger partial charge in [-0.1, -0.05) is 0 Å². The van der Waals surface area contributed by atoms with Crippen molar-refractivity contribution in [2.45, 2.75) is 31.8 Å². The van der Waals surface area contributed by atoms with Crippen LogP contribution in [0.2, 0.25) is 0 Å². The van der Waals surface area contributed by atoms with Crippen LogP contribution >= 0.6 is 0 Å². The number of fused-ring (bicyclic) bond motifs is 1. The zero-order valence-electron chi connectivity index (χ0n) is 12.1. The van der Waals surface area contributed by atoms with Crippen LogP contribution in [0.15, 0.2) is 12.4 Å². The van der Waals surface area contributed by atoms with Crippen LogP contribution in [0.1, 0.15) is 31.1 Å². The summed E-state index contributed by atoms with van der Waals surface area (Å²) < 4.78 is 7.76. The minimum absolute atomic E-state index is 0.105. The van der Waals surface area contributed by atoms with E-state index in [-0.39, 0.29) is 5.92 Å². The van der Waals surface area contributed by atoms with E-state index in [2.05, 4.69) is 14.5 Å². The number of carboxylic acids is 1. The maximum atomic E-state index is 11.8. The Morgan fingerprint density at radius 3 is 3.10 bits per heavy atom. The van der Waals surface area contributed by atoms with Gasteiger partial charge in [-0.2, -0.15) is 0 Å². The molecule has 1 saturated carbocycles. The number of ether oxygens (including phenoxy) is 1. The summed E-state index contributed by atoms with van der Waals surface area (Å²) in [4.78, 5) is 18.5. The van der Waals surface area contributed by atoms with Crippen LogP contribution in [0.5, 0.6) is 0 Å². The molecule has 0 amide bonds. The summed E-state index contributed by atoms with van der Waals surface area (Å²) in [6, 6.07) is 0.615. The maximum Gasteiger partial charge on any atom is 0.311 e. The van der Waals surface area contributed by atoms with Crippen molar-refractivity contribution in [2.75, 3.05) is 26.3 Å². The van der Waals surface area contributed by atoms with Gasteiger partial charge >= 0.3 is 5.97 Å². The van der Waals surface area contributed by atoms with E-state index in [4.69, 9.17) is 4.74 Å². The summed E-state index contributed by atoms with van der Waals surface area (Å²) in [7, 11) is 0. The SMILES string of the molecule is O=C(O)[C@]12CCOC[C@H]1CN(Cc1nccn1C1CC1)C2. The van der Waals surface area contributed by atoms with Crippen molar-refractivity contribution in [1.29, 1.82) is 0 Å². The molecule has 3 heterocycles. The van der Waals surface area contributed by atoms with Crippen LogP contribution in [0.4, 0.5) is 0 Å². The van der Waals surface area contributed by atoms with Gasteiger partial charge in [0, 0.05) is 44.0 Å². The molecular formula is C15H21N3O3. The van der Waals surface area contributed by atoms with Crippen LogP contribution in [-0.4, -0.2) is 51.8 Å². The molecule has 3 aliphatic rings. The molecule has 3 fully saturated rings. The highest BCUT2D eigenvalue weighted by Crippen LogP contribution is 2.43. The Morgan fingerprint density at radius 1 is 1.52 bits per heavy atom. The molecule has 4 rings (SSSR count). The predicted octanol–water partition coefficient (Wildman–Crippen LogP) is 1.14. The molecule has 0 radical (unpaired) electrons. The second kappa shape index (κ2) is 4.81. The van der Waals surface area contributed by atoms with Crippen molar-refractivity contribution in [3.63, 3.8) is 0 Å². The van der Waals surface area contributed by atoms with Crippen LogP contribution in [0, 0.1) is 11.3 Å². The Balaban J connectivity index is 1.52. The number of imidazole rings is 1. The molecule has 1 N–H and O–H groups in total. The molecule has 0 bridgehead atoms. The van der Waals surface area contributed by atoms with E-state index in [1.165, 1.54) is 12.8 Å². The number of carboxylic acid groups (broad SMARTS) is 1. The second-order valence-corrected chi connectivity index (χ2v) is 6.63. The largest absolute Gasteiger partial charge is 0.481 e. The first-order chi connectivity index (χ1) is 10.2. The molecule has 0 spiro atoms. The van der Waals surface area contributed by atoms with E-state index in [9.17, 15) is 9.90 Å². The van der Waals surface area contributed by atoms with Gasteiger partial charge in [0.2, 0.25) is 0 Å². The fourth-order valence-corrected chi connectivity index (χ4v) is 3.88. The normalized spacial score (nSPS) is 33.0. The van der Waals surface area contributed by atoms with Crippen LogP contribution in [0.3, 0.4) is 0 Å². The average molecular weight is 291 g/mol. The maximum absolute atomic E-state index is 11.8. The number of aromatic nitrogens is 2. The fraction of sp³-hybridized carbons (Fsp3) is 0.733. The average Bonchev–Trinajstić information content (AvgIpc) is 3.08. The Bertz CT molecular complexity index is 554. The molecule has 1 aliphatic carbocycles. The monoisotopic (exact) mass is 291 g/mol. The van der Waals surface area contributed by atoms with Gasteiger partial charge in [-0.25, -0.2) is 4.98 Å². The topological polar surface area (TPSA) is 67.6 Å². The number of hydrogen-bond acceptors (Lipinski definition) is 4. The lowest BCUT2D eigenvalue weighted by molar-refractivity contribution is -0.157. The zero-order chi connectivity index (χ0) is 14.4. The lowest BCUT2D eigenvalue weighted by atomic mass is 9.74. The summed E-state index contributed by atoms with van der Waals surface area (Å²) in [6.07, 6.45) is 7.00. The summed E-state index contributed by atoms with van der Waals surface area (Å²) in [5.41, 5.74) is -0.616. The quantitative estimate of drug-likeness (QED) is 0.901.